The first kappa shape index (κ1) is 9.51. The molecule has 12 heavy (non-hydrogen) atoms. The second kappa shape index (κ2) is 4.45. The molecule has 0 fully saturated rings. The molecule has 0 bridgehead atoms. The number of ether oxygens (including phenoxy) is 1. The molecule has 0 aliphatic rings. The van der Waals surface area contributed by atoms with Crippen LogP contribution >= 0.6 is 22.6 Å². The predicted octanol–water partition coefficient (Wildman–Crippen LogP) is 2.04. The SMILES string of the molecule is COc1ccc(I)c(CC=O)c1. The van der Waals surface area contributed by atoms with Crippen LogP contribution in [-0.2, 0) is 11.2 Å². The minimum Gasteiger partial charge on any atom is -0.497 e. The molecular formula is C9H9IO2. The van der Waals surface area contributed by atoms with Gasteiger partial charge in [-0.1, -0.05) is 0 Å². The van der Waals surface area contributed by atoms with E-state index in [4.69, 9.17) is 4.74 Å². The lowest BCUT2D eigenvalue weighted by Gasteiger charge is -2.03. The van der Waals surface area contributed by atoms with Crippen LogP contribution < -0.4 is 4.74 Å². The van der Waals surface area contributed by atoms with Crippen molar-refractivity contribution in [2.75, 3.05) is 7.11 Å². The molecule has 2 nitrogen and oxygen atoms in total. The Kier molecular flexibility index (Phi) is 3.52. The van der Waals surface area contributed by atoms with Gasteiger partial charge in [0.05, 0.1) is 7.11 Å². The highest BCUT2D eigenvalue weighted by Crippen LogP contribution is 2.19. The van der Waals surface area contributed by atoms with Crippen LogP contribution in [-0.4, -0.2) is 13.4 Å². The van der Waals surface area contributed by atoms with Crippen LogP contribution in [0.5, 0.6) is 5.75 Å². The van der Waals surface area contributed by atoms with Crippen molar-refractivity contribution in [3.8, 4) is 5.75 Å². The molecule has 0 saturated heterocycles. The fourth-order valence-corrected chi connectivity index (χ4v) is 1.48. The molecule has 1 rings (SSSR count). The van der Waals surface area contributed by atoms with Crippen LogP contribution in [0.3, 0.4) is 0 Å². The van der Waals surface area contributed by atoms with Gasteiger partial charge in [0.25, 0.3) is 0 Å². The van der Waals surface area contributed by atoms with Crippen LogP contribution in [0.25, 0.3) is 0 Å². The normalized spacial score (nSPS) is 9.50. The maximum absolute atomic E-state index is 10.3. The first-order chi connectivity index (χ1) is 5.77. The van der Waals surface area contributed by atoms with E-state index in [2.05, 4.69) is 22.6 Å². The summed E-state index contributed by atoms with van der Waals surface area (Å²) in [5.41, 5.74) is 1.02. The van der Waals surface area contributed by atoms with E-state index in [1.807, 2.05) is 18.2 Å². The number of carbonyl (C=O) groups excluding carboxylic acids is 1. The lowest BCUT2D eigenvalue weighted by atomic mass is 10.2. The first-order valence-corrected chi connectivity index (χ1v) is 4.62. The molecule has 0 aliphatic heterocycles. The van der Waals surface area contributed by atoms with E-state index >= 15 is 0 Å². The van der Waals surface area contributed by atoms with E-state index in [0.29, 0.717) is 6.42 Å². The van der Waals surface area contributed by atoms with Gasteiger partial charge >= 0.3 is 0 Å². The highest BCUT2D eigenvalue weighted by molar-refractivity contribution is 14.1. The Hall–Kier alpha value is -0.580. The minimum atomic E-state index is 0.454. The monoisotopic (exact) mass is 276 g/mol. The van der Waals surface area contributed by atoms with Crippen molar-refractivity contribution in [2.24, 2.45) is 0 Å². The van der Waals surface area contributed by atoms with Crippen molar-refractivity contribution in [3.05, 3.63) is 27.3 Å². The Bertz CT molecular complexity index is 284. The van der Waals surface area contributed by atoms with Crippen molar-refractivity contribution < 1.29 is 9.53 Å². The summed E-state index contributed by atoms with van der Waals surface area (Å²) in [4.78, 5) is 10.3. The van der Waals surface area contributed by atoms with Gasteiger partial charge in [0.1, 0.15) is 12.0 Å². The van der Waals surface area contributed by atoms with Crippen LogP contribution in [0.1, 0.15) is 5.56 Å². The summed E-state index contributed by atoms with van der Waals surface area (Å²) in [5.74, 6) is 0.798. The highest BCUT2D eigenvalue weighted by Gasteiger charge is 2.00. The van der Waals surface area contributed by atoms with E-state index in [1.165, 1.54) is 0 Å². The summed E-state index contributed by atoms with van der Waals surface area (Å²) < 4.78 is 6.13. The first-order valence-electron chi connectivity index (χ1n) is 3.54. The third kappa shape index (κ3) is 2.20. The predicted molar refractivity (Wildman–Crippen MR) is 55.5 cm³/mol. The molecule has 0 unspecified atom stereocenters. The quantitative estimate of drug-likeness (QED) is 0.624. The molecule has 3 heteroatoms. The zero-order chi connectivity index (χ0) is 8.97. The van der Waals surface area contributed by atoms with Crippen molar-refractivity contribution in [3.63, 3.8) is 0 Å². The smallest absolute Gasteiger partial charge is 0.124 e. The molecule has 0 heterocycles. The van der Waals surface area contributed by atoms with E-state index in [-0.39, 0.29) is 0 Å². The zero-order valence-electron chi connectivity index (χ0n) is 6.71. The van der Waals surface area contributed by atoms with Crippen molar-refractivity contribution in [1.29, 1.82) is 0 Å². The van der Waals surface area contributed by atoms with Crippen LogP contribution in [0.15, 0.2) is 18.2 Å². The van der Waals surface area contributed by atoms with Gasteiger partial charge in [0, 0.05) is 9.99 Å². The number of hydrogen-bond acceptors (Lipinski definition) is 2. The van der Waals surface area contributed by atoms with Crippen molar-refractivity contribution in [1.82, 2.24) is 0 Å². The van der Waals surface area contributed by atoms with Gasteiger partial charge in [-0.2, -0.15) is 0 Å². The standard InChI is InChI=1S/C9H9IO2/c1-12-8-2-3-9(10)7(6-8)4-5-11/h2-3,5-6H,4H2,1H3. The van der Waals surface area contributed by atoms with E-state index in [9.17, 15) is 4.79 Å². The number of halogens is 1. The van der Waals surface area contributed by atoms with Gasteiger partial charge in [-0.15, -0.1) is 0 Å². The Morgan fingerprint density at radius 2 is 2.33 bits per heavy atom. The average Bonchev–Trinajstić information content (AvgIpc) is 2.09. The molecule has 1 aromatic rings. The fraction of sp³-hybridized carbons (Fsp3) is 0.222. The number of hydrogen-bond donors (Lipinski definition) is 0. The van der Waals surface area contributed by atoms with Gasteiger partial charge in [0.2, 0.25) is 0 Å². The van der Waals surface area contributed by atoms with Crippen molar-refractivity contribution in [2.45, 2.75) is 6.42 Å². The number of carbonyl (C=O) groups is 1. The van der Waals surface area contributed by atoms with E-state index < -0.39 is 0 Å². The molecule has 0 amide bonds. The molecule has 0 aromatic heterocycles. The zero-order valence-corrected chi connectivity index (χ0v) is 8.87. The van der Waals surface area contributed by atoms with Crippen LogP contribution in [0, 0.1) is 3.57 Å². The second-order valence-electron chi connectivity index (χ2n) is 2.33. The third-order valence-corrected chi connectivity index (χ3v) is 2.61. The number of methoxy groups -OCH3 is 1. The largest absolute Gasteiger partial charge is 0.497 e. The Morgan fingerprint density at radius 3 is 2.92 bits per heavy atom. The van der Waals surface area contributed by atoms with E-state index in [1.54, 1.807) is 7.11 Å². The van der Waals surface area contributed by atoms with Crippen molar-refractivity contribution >= 4 is 28.9 Å². The van der Waals surface area contributed by atoms with Crippen LogP contribution in [0.2, 0.25) is 0 Å². The summed E-state index contributed by atoms with van der Waals surface area (Å²) in [5, 5.41) is 0. The Balaban J connectivity index is 2.99. The molecule has 0 atom stereocenters. The lowest BCUT2D eigenvalue weighted by molar-refractivity contribution is -0.107. The molecular weight excluding hydrogens is 267 g/mol. The third-order valence-electron chi connectivity index (χ3n) is 1.56. The number of benzene rings is 1. The topological polar surface area (TPSA) is 26.3 Å². The summed E-state index contributed by atoms with van der Waals surface area (Å²) in [6, 6.07) is 5.71. The van der Waals surface area contributed by atoms with Gasteiger partial charge < -0.3 is 9.53 Å². The summed E-state index contributed by atoms with van der Waals surface area (Å²) >= 11 is 2.20. The summed E-state index contributed by atoms with van der Waals surface area (Å²) in [7, 11) is 1.62. The molecule has 0 saturated carbocycles. The maximum Gasteiger partial charge on any atom is 0.124 e. The molecule has 64 valence electrons. The summed E-state index contributed by atoms with van der Waals surface area (Å²) in [6.07, 6.45) is 1.35. The second-order valence-corrected chi connectivity index (χ2v) is 3.49. The van der Waals surface area contributed by atoms with Gasteiger partial charge in [-0.3, -0.25) is 0 Å². The van der Waals surface area contributed by atoms with E-state index in [0.717, 1.165) is 21.2 Å². The van der Waals surface area contributed by atoms with Crippen LogP contribution in [0.4, 0.5) is 0 Å². The summed E-state index contributed by atoms with van der Waals surface area (Å²) in [6.45, 7) is 0. The number of rotatable bonds is 3. The lowest BCUT2D eigenvalue weighted by Crippen LogP contribution is -1.92. The van der Waals surface area contributed by atoms with Gasteiger partial charge in [-0.05, 0) is 46.4 Å². The minimum absolute atomic E-state index is 0.454. The Labute approximate surface area is 85.1 Å². The highest BCUT2D eigenvalue weighted by atomic mass is 127. The Morgan fingerprint density at radius 1 is 1.58 bits per heavy atom. The van der Waals surface area contributed by atoms with Gasteiger partial charge in [0.15, 0.2) is 0 Å². The maximum atomic E-state index is 10.3. The fourth-order valence-electron chi connectivity index (χ4n) is 0.924. The average molecular weight is 276 g/mol. The molecule has 0 N–H and O–H groups in total. The molecule has 1 aromatic carbocycles. The molecule has 0 aliphatic carbocycles. The number of aldehydes is 1. The molecule has 0 spiro atoms. The van der Waals surface area contributed by atoms with Gasteiger partial charge in [-0.25, -0.2) is 0 Å². The molecule has 0 radical (unpaired) electrons.